The number of carbonyl (C=O) groups is 1. The van der Waals surface area contributed by atoms with Crippen LogP contribution in [-0.4, -0.2) is 25.8 Å². The Morgan fingerprint density at radius 3 is 1.92 bits per heavy atom. The third-order valence-electron chi connectivity index (χ3n) is 4.51. The van der Waals surface area contributed by atoms with Crippen molar-refractivity contribution in [3.8, 4) is 11.4 Å². The second-order valence-electron chi connectivity index (χ2n) is 5.76. The van der Waals surface area contributed by atoms with Gasteiger partial charge in [0.2, 0.25) is 0 Å². The topological polar surface area (TPSA) is 76.0 Å². The zero-order valence-electron chi connectivity index (χ0n) is 12.5. The van der Waals surface area contributed by atoms with Crippen molar-refractivity contribution < 1.29 is 9.90 Å². The van der Waals surface area contributed by atoms with Crippen molar-refractivity contribution in [2.24, 2.45) is 0 Å². The van der Waals surface area contributed by atoms with E-state index in [9.17, 15) is 9.90 Å². The lowest BCUT2D eigenvalue weighted by atomic mass is 9.95. The number of fused-ring (bicyclic) bond motifs is 4. The van der Waals surface area contributed by atoms with Crippen molar-refractivity contribution in [2.75, 3.05) is 0 Å². The van der Waals surface area contributed by atoms with Gasteiger partial charge in [0, 0.05) is 46.4 Å². The molecule has 1 atom stereocenters. The summed E-state index contributed by atoms with van der Waals surface area (Å²) in [5.41, 5.74) is 5.03. The Kier molecular flexibility index (Phi) is 2.58. The summed E-state index contributed by atoms with van der Waals surface area (Å²) in [5, 5.41) is 10.7. The molecule has 0 radical (unpaired) electrons. The molecule has 0 saturated heterocycles. The number of carbonyl (C=O) groups excluding carboxylic acids is 1. The normalized spacial score (nSPS) is 17.7. The second-order valence-corrected chi connectivity index (χ2v) is 5.76. The minimum absolute atomic E-state index is 0.188. The fourth-order valence-electron chi connectivity index (χ4n) is 3.51. The van der Waals surface area contributed by atoms with Crippen LogP contribution in [0.1, 0.15) is 33.3 Å². The predicted molar refractivity (Wildman–Crippen MR) is 87.0 cm³/mol. The van der Waals surface area contributed by atoms with E-state index in [0.717, 1.165) is 22.5 Å². The van der Waals surface area contributed by atoms with E-state index >= 15 is 0 Å². The van der Waals surface area contributed by atoms with Crippen LogP contribution in [0, 0.1) is 0 Å². The molecular formula is C19H11N3O2. The highest BCUT2D eigenvalue weighted by Crippen LogP contribution is 2.48. The number of aliphatic hydroxyl groups excluding tert-OH is 1. The first-order chi connectivity index (χ1) is 11.8. The first kappa shape index (κ1) is 13.3. The van der Waals surface area contributed by atoms with E-state index < -0.39 is 6.10 Å². The number of hydrogen-bond acceptors (Lipinski definition) is 5. The Morgan fingerprint density at radius 1 is 0.792 bits per heavy atom. The largest absolute Gasteiger partial charge is 0.382 e. The van der Waals surface area contributed by atoms with E-state index in [1.165, 1.54) is 0 Å². The zero-order valence-corrected chi connectivity index (χ0v) is 12.5. The van der Waals surface area contributed by atoms with Crippen molar-refractivity contribution in [1.82, 2.24) is 15.0 Å². The molecule has 0 aromatic carbocycles. The first-order valence-corrected chi connectivity index (χ1v) is 7.60. The summed E-state index contributed by atoms with van der Waals surface area (Å²) in [5.74, 6) is -0.188. The fourth-order valence-corrected chi connectivity index (χ4v) is 3.51. The molecule has 2 aliphatic rings. The molecule has 0 amide bonds. The Hall–Kier alpha value is -3.18. The van der Waals surface area contributed by atoms with Crippen molar-refractivity contribution in [3.05, 3.63) is 82.9 Å². The van der Waals surface area contributed by atoms with Gasteiger partial charge in [0.25, 0.3) is 0 Å². The monoisotopic (exact) mass is 313 g/mol. The average Bonchev–Trinajstić information content (AvgIpc) is 3.08. The zero-order chi connectivity index (χ0) is 16.3. The number of aromatic nitrogens is 3. The molecule has 0 spiro atoms. The lowest BCUT2D eigenvalue weighted by Crippen LogP contribution is -2.04. The molecule has 1 unspecified atom stereocenters. The highest BCUT2D eigenvalue weighted by atomic mass is 16.3. The van der Waals surface area contributed by atoms with E-state index in [-0.39, 0.29) is 5.78 Å². The maximum absolute atomic E-state index is 12.9. The van der Waals surface area contributed by atoms with Gasteiger partial charge in [0.15, 0.2) is 5.78 Å². The number of nitrogens with zero attached hydrogens (tertiary/aromatic N) is 3. The standard InChI is InChI=1S/C19H11N3O2/c23-18-12-6-3-9-22-17(12)19(24)14(18)13-10-4-1-7-20-15(10)16-11(13)5-2-8-21-16/h1-9,19,24H. The van der Waals surface area contributed by atoms with Crippen molar-refractivity contribution in [3.63, 3.8) is 0 Å². The number of hydrogen-bond donors (Lipinski definition) is 1. The lowest BCUT2D eigenvalue weighted by Gasteiger charge is -2.10. The van der Waals surface area contributed by atoms with Gasteiger partial charge in [0.05, 0.1) is 17.1 Å². The lowest BCUT2D eigenvalue weighted by molar-refractivity contribution is 0.102. The molecule has 0 fully saturated rings. The minimum atomic E-state index is -1.04. The number of pyridine rings is 3. The van der Waals surface area contributed by atoms with Crippen LogP contribution in [0.5, 0.6) is 0 Å². The summed E-state index contributed by atoms with van der Waals surface area (Å²) in [6.45, 7) is 0. The van der Waals surface area contributed by atoms with Crippen LogP contribution >= 0.6 is 0 Å². The third-order valence-corrected chi connectivity index (χ3v) is 4.51. The van der Waals surface area contributed by atoms with E-state index in [4.69, 9.17) is 0 Å². The third kappa shape index (κ3) is 1.56. The van der Waals surface area contributed by atoms with E-state index in [1.54, 1.807) is 30.7 Å². The fraction of sp³-hybridized carbons (Fsp3) is 0.0526. The number of aliphatic hydroxyl groups is 1. The van der Waals surface area contributed by atoms with Gasteiger partial charge < -0.3 is 5.11 Å². The molecule has 1 N–H and O–H groups in total. The molecule has 3 aromatic rings. The summed E-state index contributed by atoms with van der Waals surface area (Å²) in [7, 11) is 0. The smallest absolute Gasteiger partial charge is 0.194 e. The van der Waals surface area contributed by atoms with Gasteiger partial charge in [-0.05, 0) is 24.3 Å². The van der Waals surface area contributed by atoms with Gasteiger partial charge in [-0.1, -0.05) is 12.1 Å². The summed E-state index contributed by atoms with van der Waals surface area (Å²) >= 11 is 0. The molecule has 3 aromatic heterocycles. The van der Waals surface area contributed by atoms with Gasteiger partial charge in [0.1, 0.15) is 6.10 Å². The van der Waals surface area contributed by atoms with Crippen LogP contribution in [0.25, 0.3) is 17.0 Å². The molecule has 0 bridgehead atoms. The van der Waals surface area contributed by atoms with Gasteiger partial charge in [-0.15, -0.1) is 0 Å². The van der Waals surface area contributed by atoms with E-state index in [0.29, 0.717) is 22.4 Å². The Labute approximate surface area is 137 Å². The highest BCUT2D eigenvalue weighted by Gasteiger charge is 2.40. The molecular weight excluding hydrogens is 302 g/mol. The molecule has 0 aliphatic heterocycles. The van der Waals surface area contributed by atoms with Crippen LogP contribution in [0.2, 0.25) is 0 Å². The summed E-state index contributed by atoms with van der Waals surface area (Å²) in [6, 6.07) is 10.9. The van der Waals surface area contributed by atoms with Gasteiger partial charge in [-0.2, -0.15) is 0 Å². The maximum Gasteiger partial charge on any atom is 0.194 e. The summed E-state index contributed by atoms with van der Waals surface area (Å²) in [4.78, 5) is 25.9. The quantitative estimate of drug-likeness (QED) is 0.505. The van der Waals surface area contributed by atoms with Gasteiger partial charge >= 0.3 is 0 Å². The minimum Gasteiger partial charge on any atom is -0.382 e. The van der Waals surface area contributed by atoms with Gasteiger partial charge in [-0.3, -0.25) is 19.7 Å². The van der Waals surface area contributed by atoms with Crippen LogP contribution in [-0.2, 0) is 0 Å². The number of Topliss-reactive ketones (excluding diaryl/α,β-unsaturated/α-hetero) is 1. The van der Waals surface area contributed by atoms with E-state index in [1.807, 2.05) is 24.3 Å². The van der Waals surface area contributed by atoms with Crippen molar-refractivity contribution in [1.29, 1.82) is 0 Å². The molecule has 0 saturated carbocycles. The maximum atomic E-state index is 12.9. The molecule has 5 heteroatoms. The van der Waals surface area contributed by atoms with Crippen molar-refractivity contribution in [2.45, 2.75) is 6.10 Å². The van der Waals surface area contributed by atoms with E-state index in [2.05, 4.69) is 15.0 Å². The SMILES string of the molecule is O=C1C(=C2c3cccnc3-c3ncccc32)C(O)c2ncccc21. The first-order valence-electron chi connectivity index (χ1n) is 7.60. The molecule has 3 heterocycles. The summed E-state index contributed by atoms with van der Waals surface area (Å²) < 4.78 is 0. The number of ketones is 1. The van der Waals surface area contributed by atoms with Crippen LogP contribution in [0.3, 0.4) is 0 Å². The van der Waals surface area contributed by atoms with Crippen LogP contribution < -0.4 is 0 Å². The predicted octanol–water partition coefficient (Wildman–Crippen LogP) is 2.58. The highest BCUT2D eigenvalue weighted by molar-refractivity contribution is 6.21. The number of rotatable bonds is 0. The Bertz CT molecular complexity index is 1010. The average molecular weight is 313 g/mol. The Balaban J connectivity index is 1.87. The molecule has 5 rings (SSSR count). The molecule has 2 aliphatic carbocycles. The molecule has 5 nitrogen and oxygen atoms in total. The Morgan fingerprint density at radius 2 is 1.33 bits per heavy atom. The van der Waals surface area contributed by atoms with Crippen molar-refractivity contribution >= 4 is 11.4 Å². The molecule has 114 valence electrons. The van der Waals surface area contributed by atoms with Crippen LogP contribution in [0.4, 0.5) is 0 Å². The summed E-state index contributed by atoms with van der Waals surface area (Å²) in [6.07, 6.45) is 3.95. The molecule has 24 heavy (non-hydrogen) atoms. The van der Waals surface area contributed by atoms with Gasteiger partial charge in [-0.25, -0.2) is 0 Å². The van der Waals surface area contributed by atoms with Crippen LogP contribution in [0.15, 0.2) is 60.6 Å². The second kappa shape index (κ2) is 4.66.